The first-order valence-corrected chi connectivity index (χ1v) is 16.5. The highest BCUT2D eigenvalue weighted by Crippen LogP contribution is 2.33. The highest BCUT2D eigenvalue weighted by molar-refractivity contribution is 7.92. The number of sulfonamides is 1. The molecule has 0 heterocycles. The first kappa shape index (κ1) is 33.8. The van der Waals surface area contributed by atoms with Crippen molar-refractivity contribution in [3.8, 4) is 5.75 Å². The standard InChI is InChI=1S/C34H35Cl2N3O5S/c1-24(2)37-34(41)31(20-25-12-6-4-7-13-25)38(22-26-18-19-27(35)21-29(26)36)33(40)23-39(30-16-10-11-17-32(30)44-3)45(42,43)28-14-8-5-9-15-28/h4-19,21,24,31H,20,22-23H2,1-3H3,(H,37,41). The predicted octanol–water partition coefficient (Wildman–Crippen LogP) is 6.36. The van der Waals surface area contributed by atoms with Gasteiger partial charge in [0.15, 0.2) is 0 Å². The zero-order valence-electron chi connectivity index (χ0n) is 25.2. The Balaban J connectivity index is 1.85. The van der Waals surface area contributed by atoms with Gasteiger partial charge < -0.3 is 15.0 Å². The molecule has 8 nitrogen and oxygen atoms in total. The van der Waals surface area contributed by atoms with Crippen LogP contribution in [0.3, 0.4) is 0 Å². The Bertz CT molecular complexity index is 1720. The van der Waals surface area contributed by atoms with Crippen molar-refractivity contribution in [3.05, 3.63) is 124 Å². The van der Waals surface area contributed by atoms with Crippen molar-refractivity contribution in [3.63, 3.8) is 0 Å². The lowest BCUT2D eigenvalue weighted by Gasteiger charge is -2.34. The minimum atomic E-state index is -4.26. The van der Waals surface area contributed by atoms with Gasteiger partial charge >= 0.3 is 0 Å². The van der Waals surface area contributed by atoms with E-state index in [1.54, 1.807) is 60.7 Å². The molecule has 2 amide bonds. The lowest BCUT2D eigenvalue weighted by Crippen LogP contribution is -2.54. The van der Waals surface area contributed by atoms with Gasteiger partial charge in [-0.1, -0.05) is 89.9 Å². The lowest BCUT2D eigenvalue weighted by molar-refractivity contribution is -0.140. The van der Waals surface area contributed by atoms with Crippen LogP contribution < -0.4 is 14.4 Å². The molecule has 0 fully saturated rings. The Morgan fingerprint density at radius 3 is 2.11 bits per heavy atom. The van der Waals surface area contributed by atoms with E-state index in [1.165, 1.54) is 24.1 Å². The maximum Gasteiger partial charge on any atom is 0.264 e. The fraction of sp³-hybridized carbons (Fsp3) is 0.235. The number of anilines is 1. The van der Waals surface area contributed by atoms with Crippen LogP contribution in [-0.2, 0) is 32.6 Å². The average Bonchev–Trinajstić information content (AvgIpc) is 3.02. The first-order valence-electron chi connectivity index (χ1n) is 14.3. The largest absolute Gasteiger partial charge is 0.495 e. The molecule has 0 aliphatic heterocycles. The number of carbonyl (C=O) groups excluding carboxylic acids is 2. The Morgan fingerprint density at radius 1 is 0.867 bits per heavy atom. The fourth-order valence-corrected chi connectivity index (χ4v) is 6.75. The third kappa shape index (κ3) is 8.57. The average molecular weight is 669 g/mol. The van der Waals surface area contributed by atoms with Gasteiger partial charge in [0.25, 0.3) is 10.0 Å². The Hall–Kier alpha value is -4.05. The molecular formula is C34H35Cl2N3O5S. The van der Waals surface area contributed by atoms with Crippen LogP contribution >= 0.6 is 23.2 Å². The molecular weight excluding hydrogens is 633 g/mol. The van der Waals surface area contributed by atoms with Gasteiger partial charge in [0, 0.05) is 29.1 Å². The van der Waals surface area contributed by atoms with Crippen LogP contribution in [0.5, 0.6) is 5.75 Å². The summed E-state index contributed by atoms with van der Waals surface area (Å²) in [5.74, 6) is -0.746. The minimum absolute atomic E-state index is 0.00520. The molecule has 4 aromatic carbocycles. The lowest BCUT2D eigenvalue weighted by atomic mass is 10.0. The van der Waals surface area contributed by atoms with Gasteiger partial charge in [0.1, 0.15) is 18.3 Å². The topological polar surface area (TPSA) is 96.0 Å². The molecule has 11 heteroatoms. The summed E-state index contributed by atoms with van der Waals surface area (Å²) in [5.41, 5.74) is 1.53. The molecule has 0 saturated heterocycles. The molecule has 4 aromatic rings. The Morgan fingerprint density at radius 2 is 1.49 bits per heavy atom. The summed E-state index contributed by atoms with van der Waals surface area (Å²) in [6.45, 7) is 2.96. The van der Waals surface area contributed by atoms with E-state index in [1.807, 2.05) is 44.2 Å². The normalized spacial score (nSPS) is 12.0. The highest BCUT2D eigenvalue weighted by atomic mass is 35.5. The van der Waals surface area contributed by atoms with Crippen molar-refractivity contribution in [2.45, 2.75) is 43.8 Å². The molecule has 0 aliphatic rings. The Labute approximate surface area is 274 Å². The molecule has 1 unspecified atom stereocenters. The number of benzene rings is 4. The number of rotatable bonds is 13. The third-order valence-electron chi connectivity index (χ3n) is 7.02. The van der Waals surface area contributed by atoms with Crippen molar-refractivity contribution < 1.29 is 22.7 Å². The van der Waals surface area contributed by atoms with Crippen LogP contribution in [0.2, 0.25) is 10.0 Å². The quantitative estimate of drug-likeness (QED) is 0.179. The third-order valence-corrected chi connectivity index (χ3v) is 9.38. The maximum absolute atomic E-state index is 14.5. The maximum atomic E-state index is 14.5. The van der Waals surface area contributed by atoms with Gasteiger partial charge in [0.05, 0.1) is 17.7 Å². The predicted molar refractivity (Wildman–Crippen MR) is 178 cm³/mol. The number of hydrogen-bond acceptors (Lipinski definition) is 5. The van der Waals surface area contributed by atoms with E-state index in [2.05, 4.69) is 5.32 Å². The van der Waals surface area contributed by atoms with Crippen LogP contribution in [0.4, 0.5) is 5.69 Å². The van der Waals surface area contributed by atoms with E-state index in [0.717, 1.165) is 9.87 Å². The summed E-state index contributed by atoms with van der Waals surface area (Å²) in [6, 6.07) is 27.4. The van der Waals surface area contributed by atoms with Gasteiger partial charge in [0.2, 0.25) is 11.8 Å². The number of nitrogens with zero attached hydrogens (tertiary/aromatic N) is 2. The second-order valence-electron chi connectivity index (χ2n) is 10.6. The minimum Gasteiger partial charge on any atom is -0.495 e. The number of amides is 2. The second kappa shape index (κ2) is 15.3. The van der Waals surface area contributed by atoms with Crippen molar-refractivity contribution in [2.24, 2.45) is 0 Å². The van der Waals surface area contributed by atoms with E-state index < -0.39 is 28.5 Å². The van der Waals surface area contributed by atoms with E-state index in [4.69, 9.17) is 27.9 Å². The number of para-hydroxylation sites is 2. The molecule has 0 saturated carbocycles. The fourth-order valence-electron chi connectivity index (χ4n) is 4.84. The number of methoxy groups -OCH3 is 1. The Kier molecular flexibility index (Phi) is 11.5. The number of carbonyl (C=O) groups is 2. The van der Waals surface area contributed by atoms with Crippen LogP contribution in [0.1, 0.15) is 25.0 Å². The van der Waals surface area contributed by atoms with E-state index >= 15 is 0 Å². The zero-order valence-corrected chi connectivity index (χ0v) is 27.5. The molecule has 0 aliphatic carbocycles. The van der Waals surface area contributed by atoms with Crippen molar-refractivity contribution >= 4 is 50.7 Å². The van der Waals surface area contributed by atoms with Gasteiger partial charge in [-0.15, -0.1) is 0 Å². The number of ether oxygens (including phenoxy) is 1. The molecule has 1 N–H and O–H groups in total. The number of halogens is 2. The van der Waals surface area contributed by atoms with Crippen LogP contribution in [0.15, 0.2) is 108 Å². The summed E-state index contributed by atoms with van der Waals surface area (Å²) >= 11 is 12.7. The van der Waals surface area contributed by atoms with Crippen molar-refractivity contribution in [1.82, 2.24) is 10.2 Å². The summed E-state index contributed by atoms with van der Waals surface area (Å²) in [4.78, 5) is 29.7. The van der Waals surface area contributed by atoms with Gasteiger partial charge in [-0.05, 0) is 61.4 Å². The van der Waals surface area contributed by atoms with E-state index in [9.17, 15) is 18.0 Å². The molecule has 236 valence electrons. The number of nitrogens with one attached hydrogen (secondary N) is 1. The number of hydrogen-bond donors (Lipinski definition) is 1. The molecule has 4 rings (SSSR count). The summed E-state index contributed by atoms with van der Waals surface area (Å²) in [5, 5.41) is 3.65. The van der Waals surface area contributed by atoms with Gasteiger partial charge in [-0.3, -0.25) is 13.9 Å². The molecule has 45 heavy (non-hydrogen) atoms. The van der Waals surface area contributed by atoms with Crippen LogP contribution in [0, 0.1) is 0 Å². The SMILES string of the molecule is COc1ccccc1N(CC(=O)N(Cc1ccc(Cl)cc1Cl)C(Cc1ccccc1)C(=O)NC(C)C)S(=O)(=O)c1ccccc1. The summed E-state index contributed by atoms with van der Waals surface area (Å²) in [6.07, 6.45) is 0.177. The molecule has 0 radical (unpaired) electrons. The van der Waals surface area contributed by atoms with Crippen LogP contribution in [0.25, 0.3) is 0 Å². The molecule has 0 bridgehead atoms. The van der Waals surface area contributed by atoms with Gasteiger partial charge in [-0.25, -0.2) is 8.42 Å². The van der Waals surface area contributed by atoms with Crippen molar-refractivity contribution in [1.29, 1.82) is 0 Å². The molecule has 0 spiro atoms. The smallest absolute Gasteiger partial charge is 0.264 e. The molecule has 1 atom stereocenters. The van der Waals surface area contributed by atoms with E-state index in [0.29, 0.717) is 15.6 Å². The van der Waals surface area contributed by atoms with Gasteiger partial charge in [-0.2, -0.15) is 0 Å². The van der Waals surface area contributed by atoms with Crippen LogP contribution in [-0.4, -0.2) is 50.9 Å². The zero-order chi connectivity index (χ0) is 32.6. The first-order chi connectivity index (χ1) is 21.5. The highest BCUT2D eigenvalue weighted by Gasteiger charge is 2.36. The van der Waals surface area contributed by atoms with Crippen molar-refractivity contribution in [2.75, 3.05) is 18.0 Å². The molecule has 0 aromatic heterocycles. The monoisotopic (exact) mass is 667 g/mol. The second-order valence-corrected chi connectivity index (χ2v) is 13.3. The summed E-state index contributed by atoms with van der Waals surface area (Å²) < 4.78 is 34.8. The van der Waals surface area contributed by atoms with E-state index in [-0.39, 0.29) is 41.2 Å². The summed E-state index contributed by atoms with van der Waals surface area (Å²) in [7, 11) is -2.84.